The monoisotopic (exact) mass is 424 g/mol. The van der Waals surface area contributed by atoms with Gasteiger partial charge in [-0.25, -0.2) is 0 Å². The van der Waals surface area contributed by atoms with Crippen molar-refractivity contribution in [3.8, 4) is 21.6 Å². The first kappa shape index (κ1) is 19.6. The van der Waals surface area contributed by atoms with Crippen molar-refractivity contribution in [2.75, 3.05) is 11.5 Å². The van der Waals surface area contributed by atoms with E-state index in [-0.39, 0.29) is 0 Å². The Bertz CT molecular complexity index is 1110. The van der Waals surface area contributed by atoms with E-state index in [0.29, 0.717) is 28.6 Å². The Morgan fingerprint density at radius 2 is 1.55 bits per heavy atom. The highest BCUT2D eigenvalue weighted by atomic mass is 35.5. The fourth-order valence-corrected chi connectivity index (χ4v) is 4.67. The zero-order chi connectivity index (χ0) is 20.8. The van der Waals surface area contributed by atoms with E-state index in [2.05, 4.69) is 0 Å². The van der Waals surface area contributed by atoms with Crippen LogP contribution in [0.2, 0.25) is 0 Å². The number of rotatable bonds is 5. The number of thiophene rings is 1. The highest BCUT2D eigenvalue weighted by Crippen LogP contribution is 2.48. The van der Waals surface area contributed by atoms with Gasteiger partial charge in [-0.15, -0.1) is 11.3 Å². The minimum Gasteiger partial charge on any atom is -0.481 e. The Morgan fingerprint density at radius 1 is 1.03 bits per heavy atom. The van der Waals surface area contributed by atoms with Crippen molar-refractivity contribution in [3.63, 3.8) is 0 Å². The first-order valence-electron chi connectivity index (χ1n) is 9.28. The van der Waals surface area contributed by atoms with Gasteiger partial charge in [0.15, 0.2) is 0 Å². The highest BCUT2D eigenvalue weighted by molar-refractivity contribution is 7.20. The van der Waals surface area contributed by atoms with Crippen LogP contribution in [0.3, 0.4) is 0 Å². The zero-order valence-corrected chi connectivity index (χ0v) is 17.5. The quantitative estimate of drug-likeness (QED) is 0.471. The SMILES string of the molecule is C/C(Cl)=C\c1c(N)sc(-c2ccc(-c3ccc(C4(C(=O)O)CC4)cc3)cc2)c1N. The lowest BCUT2D eigenvalue weighted by molar-refractivity contribution is -0.140. The maximum absolute atomic E-state index is 11.5. The largest absolute Gasteiger partial charge is 0.481 e. The van der Waals surface area contributed by atoms with Gasteiger partial charge in [0.1, 0.15) is 0 Å². The van der Waals surface area contributed by atoms with Gasteiger partial charge < -0.3 is 16.6 Å². The molecule has 1 heterocycles. The molecular weight excluding hydrogens is 404 g/mol. The molecule has 3 aromatic rings. The normalized spacial score (nSPS) is 15.3. The molecule has 1 aliphatic carbocycles. The minimum atomic E-state index is -0.735. The molecule has 6 heteroatoms. The number of aliphatic carboxylic acids is 1. The van der Waals surface area contributed by atoms with E-state index in [9.17, 15) is 9.90 Å². The van der Waals surface area contributed by atoms with Crippen molar-refractivity contribution in [3.05, 3.63) is 64.7 Å². The van der Waals surface area contributed by atoms with Crippen molar-refractivity contribution in [2.45, 2.75) is 25.2 Å². The van der Waals surface area contributed by atoms with Crippen molar-refractivity contribution in [2.24, 2.45) is 0 Å². The number of carboxylic acid groups (broad SMARTS) is 1. The number of anilines is 2. The molecule has 4 rings (SSSR count). The number of hydrogen-bond acceptors (Lipinski definition) is 4. The first-order chi connectivity index (χ1) is 13.8. The van der Waals surface area contributed by atoms with Crippen LogP contribution in [0.5, 0.6) is 0 Å². The van der Waals surface area contributed by atoms with Gasteiger partial charge in [-0.1, -0.05) is 60.1 Å². The average molecular weight is 425 g/mol. The van der Waals surface area contributed by atoms with Crippen molar-refractivity contribution in [1.82, 2.24) is 0 Å². The Hall–Kier alpha value is -2.76. The highest BCUT2D eigenvalue weighted by Gasteiger charge is 2.51. The molecule has 0 unspecified atom stereocenters. The number of carbonyl (C=O) groups is 1. The Balaban J connectivity index is 1.61. The number of benzene rings is 2. The van der Waals surface area contributed by atoms with Crippen LogP contribution >= 0.6 is 22.9 Å². The molecule has 148 valence electrons. The van der Waals surface area contributed by atoms with E-state index in [1.54, 1.807) is 13.0 Å². The number of halogens is 1. The van der Waals surface area contributed by atoms with Crippen LogP contribution in [0.15, 0.2) is 53.6 Å². The van der Waals surface area contributed by atoms with E-state index in [1.165, 1.54) is 11.3 Å². The van der Waals surface area contributed by atoms with Gasteiger partial charge in [0, 0.05) is 10.6 Å². The van der Waals surface area contributed by atoms with E-state index in [4.69, 9.17) is 23.1 Å². The van der Waals surface area contributed by atoms with Crippen LogP contribution in [0, 0.1) is 0 Å². The molecule has 0 bridgehead atoms. The molecule has 1 fully saturated rings. The molecule has 0 spiro atoms. The van der Waals surface area contributed by atoms with Crippen LogP contribution in [0.4, 0.5) is 10.7 Å². The summed E-state index contributed by atoms with van der Waals surface area (Å²) < 4.78 is 0. The van der Waals surface area contributed by atoms with E-state index < -0.39 is 11.4 Å². The molecule has 0 saturated heterocycles. The topological polar surface area (TPSA) is 89.3 Å². The van der Waals surface area contributed by atoms with Gasteiger partial charge in [0.05, 0.1) is 21.0 Å². The smallest absolute Gasteiger partial charge is 0.314 e. The molecule has 5 N–H and O–H groups in total. The predicted molar refractivity (Wildman–Crippen MR) is 122 cm³/mol. The van der Waals surface area contributed by atoms with Crippen LogP contribution in [0.1, 0.15) is 30.9 Å². The third kappa shape index (κ3) is 3.52. The molecule has 1 saturated carbocycles. The standard InChI is InChI=1S/C23H21ClN2O2S/c1-13(24)12-18-19(25)20(29-21(18)26)16-4-2-14(3-5-16)15-6-8-17(9-7-15)23(10-11-23)22(27)28/h2-9,12H,10-11,25-26H2,1H3,(H,27,28)/b13-12+. The average Bonchev–Trinajstić information content (AvgIpc) is 3.47. The maximum atomic E-state index is 11.5. The molecule has 0 aliphatic heterocycles. The van der Waals surface area contributed by atoms with Crippen LogP contribution in [-0.4, -0.2) is 11.1 Å². The Labute approximate surface area is 178 Å². The number of hydrogen-bond donors (Lipinski definition) is 3. The molecule has 29 heavy (non-hydrogen) atoms. The molecule has 1 aromatic heterocycles. The Morgan fingerprint density at radius 3 is 2.03 bits per heavy atom. The number of carboxylic acids is 1. The molecule has 0 atom stereocenters. The summed E-state index contributed by atoms with van der Waals surface area (Å²) in [6.07, 6.45) is 3.20. The summed E-state index contributed by atoms with van der Waals surface area (Å²) in [5.74, 6) is -0.735. The first-order valence-corrected chi connectivity index (χ1v) is 10.5. The van der Waals surface area contributed by atoms with Crippen LogP contribution < -0.4 is 11.5 Å². The molecular formula is C23H21ClN2O2S. The fraction of sp³-hybridized carbons (Fsp3) is 0.174. The van der Waals surface area contributed by atoms with E-state index in [0.717, 1.165) is 32.7 Å². The molecule has 2 aromatic carbocycles. The van der Waals surface area contributed by atoms with Gasteiger partial charge in [-0.3, -0.25) is 4.79 Å². The summed E-state index contributed by atoms with van der Waals surface area (Å²) in [6, 6.07) is 15.9. The van der Waals surface area contributed by atoms with Gasteiger partial charge in [0.2, 0.25) is 0 Å². The van der Waals surface area contributed by atoms with E-state index >= 15 is 0 Å². The third-order valence-corrected chi connectivity index (χ3v) is 6.64. The number of allylic oxidation sites excluding steroid dienone is 1. The van der Waals surface area contributed by atoms with Crippen molar-refractivity contribution in [1.29, 1.82) is 0 Å². The van der Waals surface area contributed by atoms with Crippen molar-refractivity contribution < 1.29 is 9.90 Å². The second-order valence-corrected chi connectivity index (χ2v) is 9.04. The summed E-state index contributed by atoms with van der Waals surface area (Å²) in [5, 5.41) is 10.7. The van der Waals surface area contributed by atoms with Gasteiger partial charge >= 0.3 is 5.97 Å². The summed E-state index contributed by atoms with van der Waals surface area (Å²) in [7, 11) is 0. The second-order valence-electron chi connectivity index (χ2n) is 7.40. The Kier molecular flexibility index (Phi) is 4.89. The van der Waals surface area contributed by atoms with Crippen LogP contribution in [0.25, 0.3) is 27.6 Å². The zero-order valence-electron chi connectivity index (χ0n) is 15.9. The number of nitrogen functional groups attached to an aromatic ring is 2. The predicted octanol–water partition coefficient (Wildman–Crippen LogP) is 5.96. The summed E-state index contributed by atoms with van der Waals surface area (Å²) in [4.78, 5) is 12.4. The molecule has 4 nitrogen and oxygen atoms in total. The molecule has 1 aliphatic rings. The molecule has 0 amide bonds. The van der Waals surface area contributed by atoms with Crippen molar-refractivity contribution >= 4 is 45.7 Å². The number of nitrogens with two attached hydrogens (primary N) is 2. The fourth-order valence-electron chi connectivity index (χ4n) is 3.58. The van der Waals surface area contributed by atoms with E-state index in [1.807, 2.05) is 48.5 Å². The summed E-state index contributed by atoms with van der Waals surface area (Å²) >= 11 is 7.43. The van der Waals surface area contributed by atoms with Gasteiger partial charge in [-0.2, -0.15) is 0 Å². The summed E-state index contributed by atoms with van der Waals surface area (Å²) in [6.45, 7) is 1.79. The lowest BCUT2D eigenvalue weighted by Gasteiger charge is -2.11. The van der Waals surface area contributed by atoms with Gasteiger partial charge in [-0.05, 0) is 48.1 Å². The second kappa shape index (κ2) is 7.25. The van der Waals surface area contributed by atoms with Gasteiger partial charge in [0.25, 0.3) is 0 Å². The molecule has 0 radical (unpaired) electrons. The maximum Gasteiger partial charge on any atom is 0.314 e. The van der Waals surface area contributed by atoms with Crippen LogP contribution in [-0.2, 0) is 10.2 Å². The lowest BCUT2D eigenvalue weighted by Crippen LogP contribution is -2.19. The summed E-state index contributed by atoms with van der Waals surface area (Å²) in [5.41, 5.74) is 17.1. The minimum absolute atomic E-state index is 0.627. The lowest BCUT2D eigenvalue weighted by atomic mass is 9.93. The third-order valence-electron chi connectivity index (χ3n) is 5.43.